The Balaban J connectivity index is 1.99. The van der Waals surface area contributed by atoms with Crippen LogP contribution in [0.2, 0.25) is 0 Å². The summed E-state index contributed by atoms with van der Waals surface area (Å²) >= 11 is 0. The number of carbonyl (C=O) groups is 3. The normalized spacial score (nSPS) is 11.8. The van der Waals surface area contributed by atoms with Gasteiger partial charge in [-0.15, -0.1) is 0 Å². The third kappa shape index (κ3) is 5.05. The minimum atomic E-state index is -0.760. The Kier molecular flexibility index (Phi) is 6.72. The summed E-state index contributed by atoms with van der Waals surface area (Å²) in [4.78, 5) is 36.1. The van der Waals surface area contributed by atoms with Crippen LogP contribution in [0.5, 0.6) is 0 Å². The third-order valence-electron chi connectivity index (χ3n) is 3.87. The zero-order valence-electron chi connectivity index (χ0n) is 15.2. The van der Waals surface area contributed by atoms with Crippen LogP contribution in [-0.4, -0.2) is 37.6 Å². The molecule has 0 aromatic heterocycles. The monoisotopic (exact) mass is 357 g/mol. The third-order valence-corrected chi connectivity index (χ3v) is 3.87. The molecule has 0 saturated heterocycles. The van der Waals surface area contributed by atoms with E-state index < -0.39 is 30.5 Å². The fourth-order valence-corrected chi connectivity index (χ4v) is 2.68. The van der Waals surface area contributed by atoms with Crippen molar-refractivity contribution in [3.05, 3.63) is 48.0 Å². The second-order valence-electron chi connectivity index (χ2n) is 6.38. The highest BCUT2D eigenvalue weighted by molar-refractivity contribution is 6.05. The van der Waals surface area contributed by atoms with Crippen LogP contribution in [0.15, 0.2) is 42.5 Å². The maximum absolute atomic E-state index is 12.3. The molecule has 6 heteroatoms. The Morgan fingerprint density at radius 1 is 1.04 bits per heavy atom. The molecule has 0 spiro atoms. The summed E-state index contributed by atoms with van der Waals surface area (Å²) in [6.45, 7) is 3.40. The van der Waals surface area contributed by atoms with Crippen molar-refractivity contribution in [3.63, 3.8) is 0 Å². The number of hydrogen-bond acceptors (Lipinski definition) is 5. The lowest BCUT2D eigenvalue weighted by molar-refractivity contribution is -0.145. The van der Waals surface area contributed by atoms with E-state index in [9.17, 15) is 14.4 Å². The van der Waals surface area contributed by atoms with Gasteiger partial charge in [0.15, 0.2) is 6.61 Å². The number of benzene rings is 2. The number of hydrogen-bond donors (Lipinski definition) is 1. The van der Waals surface area contributed by atoms with E-state index in [2.05, 4.69) is 5.32 Å². The number of rotatable bonds is 7. The van der Waals surface area contributed by atoms with Gasteiger partial charge in [-0.2, -0.15) is 0 Å². The molecule has 138 valence electrons. The molecule has 1 amide bonds. The Bertz CT molecular complexity index is 794. The molecule has 2 aromatic rings. The lowest BCUT2D eigenvalue weighted by Gasteiger charge is -2.18. The van der Waals surface area contributed by atoms with Gasteiger partial charge in [0.05, 0.1) is 12.7 Å². The molecule has 26 heavy (non-hydrogen) atoms. The number of esters is 2. The van der Waals surface area contributed by atoms with Crippen LogP contribution >= 0.6 is 0 Å². The van der Waals surface area contributed by atoms with E-state index in [4.69, 9.17) is 9.47 Å². The van der Waals surface area contributed by atoms with E-state index >= 15 is 0 Å². The van der Waals surface area contributed by atoms with Crippen LogP contribution in [0.4, 0.5) is 0 Å². The molecule has 2 rings (SSSR count). The Hall–Kier alpha value is -2.89. The quantitative estimate of drug-likeness (QED) is 0.771. The smallest absolute Gasteiger partial charge is 0.339 e. The zero-order chi connectivity index (χ0) is 19.1. The first kappa shape index (κ1) is 19.4. The molecule has 0 saturated carbocycles. The number of carbonyl (C=O) groups excluding carboxylic acids is 3. The van der Waals surface area contributed by atoms with Gasteiger partial charge in [-0.25, -0.2) is 9.59 Å². The highest BCUT2D eigenvalue weighted by Gasteiger charge is 2.23. The van der Waals surface area contributed by atoms with Crippen LogP contribution in [0, 0.1) is 5.92 Å². The van der Waals surface area contributed by atoms with Crippen molar-refractivity contribution in [1.29, 1.82) is 0 Å². The van der Waals surface area contributed by atoms with Gasteiger partial charge in [0, 0.05) is 0 Å². The van der Waals surface area contributed by atoms with Gasteiger partial charge in [0.1, 0.15) is 6.04 Å². The summed E-state index contributed by atoms with van der Waals surface area (Å²) < 4.78 is 9.81. The first-order chi connectivity index (χ1) is 12.4. The van der Waals surface area contributed by atoms with Crippen molar-refractivity contribution in [2.75, 3.05) is 13.7 Å². The molecule has 1 N–H and O–H groups in total. The highest BCUT2D eigenvalue weighted by Crippen LogP contribution is 2.19. The van der Waals surface area contributed by atoms with E-state index in [0.29, 0.717) is 12.0 Å². The minimum Gasteiger partial charge on any atom is -0.467 e. The summed E-state index contributed by atoms with van der Waals surface area (Å²) in [5.74, 6) is -1.46. The van der Waals surface area contributed by atoms with Crippen molar-refractivity contribution < 1.29 is 23.9 Å². The zero-order valence-corrected chi connectivity index (χ0v) is 15.2. The van der Waals surface area contributed by atoms with Gasteiger partial charge in [0.2, 0.25) is 0 Å². The number of fused-ring (bicyclic) bond motifs is 1. The molecule has 1 atom stereocenters. The summed E-state index contributed by atoms with van der Waals surface area (Å²) in [5, 5.41) is 4.22. The molecule has 0 radical (unpaired) electrons. The molecule has 0 bridgehead atoms. The van der Waals surface area contributed by atoms with E-state index in [0.717, 1.165) is 10.8 Å². The molecule has 0 unspecified atom stereocenters. The summed E-state index contributed by atoms with van der Waals surface area (Å²) in [5.41, 5.74) is 0.391. The lowest BCUT2D eigenvalue weighted by atomic mass is 10.0. The van der Waals surface area contributed by atoms with Gasteiger partial charge in [-0.05, 0) is 29.2 Å². The van der Waals surface area contributed by atoms with Crippen LogP contribution in [-0.2, 0) is 19.1 Å². The SMILES string of the molecule is COC(=O)[C@H](CC(C)C)NC(=O)COC(=O)c1cccc2ccccc12. The molecule has 0 aliphatic heterocycles. The standard InChI is InChI=1S/C20H23NO5/c1-13(2)11-17(20(24)25-3)21-18(22)12-26-19(23)16-10-6-8-14-7-4-5-9-15(14)16/h4-10,13,17H,11-12H2,1-3H3,(H,21,22)/t17-/m0/s1. The van der Waals surface area contributed by atoms with Gasteiger partial charge in [-0.1, -0.05) is 50.2 Å². The highest BCUT2D eigenvalue weighted by atomic mass is 16.5. The molecule has 0 aliphatic rings. The molecular formula is C20H23NO5. The minimum absolute atomic E-state index is 0.192. The Morgan fingerprint density at radius 3 is 2.42 bits per heavy atom. The van der Waals surface area contributed by atoms with Crippen molar-refractivity contribution in [3.8, 4) is 0 Å². The molecule has 0 heterocycles. The number of nitrogens with one attached hydrogen (secondary N) is 1. The van der Waals surface area contributed by atoms with Crippen molar-refractivity contribution in [2.24, 2.45) is 5.92 Å². The average molecular weight is 357 g/mol. The first-order valence-electron chi connectivity index (χ1n) is 8.44. The van der Waals surface area contributed by atoms with Gasteiger partial charge in [-0.3, -0.25) is 4.79 Å². The first-order valence-corrected chi connectivity index (χ1v) is 8.44. The molecule has 6 nitrogen and oxygen atoms in total. The van der Waals surface area contributed by atoms with Crippen molar-refractivity contribution >= 4 is 28.6 Å². The Morgan fingerprint density at radius 2 is 1.73 bits per heavy atom. The van der Waals surface area contributed by atoms with Crippen LogP contribution in [0.25, 0.3) is 10.8 Å². The summed E-state index contributed by atoms with van der Waals surface area (Å²) in [6, 6.07) is 12.0. The second kappa shape index (κ2) is 8.99. The largest absolute Gasteiger partial charge is 0.467 e. The number of methoxy groups -OCH3 is 1. The molecular weight excluding hydrogens is 334 g/mol. The molecule has 0 aliphatic carbocycles. The second-order valence-corrected chi connectivity index (χ2v) is 6.38. The molecule has 2 aromatic carbocycles. The predicted molar refractivity (Wildman–Crippen MR) is 97.6 cm³/mol. The summed E-state index contributed by atoms with van der Waals surface area (Å²) in [7, 11) is 1.27. The van der Waals surface area contributed by atoms with Crippen molar-refractivity contribution in [1.82, 2.24) is 5.32 Å². The van der Waals surface area contributed by atoms with Crippen molar-refractivity contribution in [2.45, 2.75) is 26.3 Å². The van der Waals surface area contributed by atoms with Gasteiger partial charge in [0.25, 0.3) is 5.91 Å². The van der Waals surface area contributed by atoms with Crippen LogP contribution in [0.1, 0.15) is 30.6 Å². The van der Waals surface area contributed by atoms with Crippen LogP contribution < -0.4 is 5.32 Å². The number of ether oxygens (including phenoxy) is 2. The van der Waals surface area contributed by atoms with E-state index in [1.807, 2.05) is 44.2 Å². The lowest BCUT2D eigenvalue weighted by Crippen LogP contribution is -2.44. The van der Waals surface area contributed by atoms with E-state index in [1.54, 1.807) is 12.1 Å². The topological polar surface area (TPSA) is 81.7 Å². The fourth-order valence-electron chi connectivity index (χ4n) is 2.68. The predicted octanol–water partition coefficient (Wildman–Crippen LogP) is 2.70. The van der Waals surface area contributed by atoms with E-state index in [1.165, 1.54) is 7.11 Å². The average Bonchev–Trinajstić information content (AvgIpc) is 2.64. The molecule has 0 fully saturated rings. The maximum atomic E-state index is 12.3. The van der Waals surface area contributed by atoms with Gasteiger partial charge < -0.3 is 14.8 Å². The number of amides is 1. The summed E-state index contributed by atoms with van der Waals surface area (Å²) in [6.07, 6.45) is 0.440. The Labute approximate surface area is 152 Å². The van der Waals surface area contributed by atoms with Gasteiger partial charge >= 0.3 is 11.9 Å². The van der Waals surface area contributed by atoms with Crippen LogP contribution in [0.3, 0.4) is 0 Å². The van der Waals surface area contributed by atoms with E-state index in [-0.39, 0.29) is 5.92 Å². The maximum Gasteiger partial charge on any atom is 0.339 e. The fraction of sp³-hybridized carbons (Fsp3) is 0.350.